The molecule has 0 amide bonds. The van der Waals surface area contributed by atoms with Gasteiger partial charge in [-0.2, -0.15) is 0 Å². The summed E-state index contributed by atoms with van der Waals surface area (Å²) in [5.41, 5.74) is 0. The Morgan fingerprint density at radius 3 is 2.71 bits per heavy atom. The maximum absolute atomic E-state index is 4.76. The Morgan fingerprint density at radius 1 is 1.86 bits per heavy atom. The molecule has 0 spiro atoms. The standard InChI is InChI=1S/C4H8N2O/c1-4-6(2)3-5-7-4/h3-4H,1-2H3. The molecule has 0 radical (unpaired) electrons. The van der Waals surface area contributed by atoms with Crippen molar-refractivity contribution in [3.63, 3.8) is 0 Å². The smallest absolute Gasteiger partial charge is 0.197 e. The molecule has 3 nitrogen and oxygen atoms in total. The summed E-state index contributed by atoms with van der Waals surface area (Å²) in [6.45, 7) is 1.94. The van der Waals surface area contributed by atoms with Crippen LogP contribution >= 0.6 is 0 Å². The van der Waals surface area contributed by atoms with Crippen LogP contribution in [0, 0.1) is 0 Å². The van der Waals surface area contributed by atoms with Gasteiger partial charge in [-0.05, 0) is 6.92 Å². The third-order valence-electron chi connectivity index (χ3n) is 1.02. The summed E-state index contributed by atoms with van der Waals surface area (Å²) in [6.07, 6.45) is 1.78. The second-order valence-electron chi connectivity index (χ2n) is 1.59. The van der Waals surface area contributed by atoms with E-state index in [4.69, 9.17) is 4.84 Å². The van der Waals surface area contributed by atoms with E-state index in [0.717, 1.165) is 0 Å². The van der Waals surface area contributed by atoms with E-state index in [0.29, 0.717) is 0 Å². The van der Waals surface area contributed by atoms with Crippen molar-refractivity contribution in [2.24, 2.45) is 5.16 Å². The van der Waals surface area contributed by atoms with Crippen LogP contribution in [0.3, 0.4) is 0 Å². The minimum Gasteiger partial charge on any atom is -0.369 e. The molecule has 1 aliphatic rings. The minimum atomic E-state index is 0.125. The highest BCUT2D eigenvalue weighted by molar-refractivity contribution is 5.54. The molecule has 40 valence electrons. The molecule has 1 rings (SSSR count). The Kier molecular flexibility index (Phi) is 0.889. The number of nitrogens with zero attached hydrogens (tertiary/aromatic N) is 2. The zero-order valence-corrected chi connectivity index (χ0v) is 4.46. The van der Waals surface area contributed by atoms with Crippen LogP contribution in [0.15, 0.2) is 5.16 Å². The zero-order valence-electron chi connectivity index (χ0n) is 4.46. The molecular weight excluding hydrogens is 92.1 g/mol. The van der Waals surface area contributed by atoms with Crippen LogP contribution in [0.1, 0.15) is 6.92 Å². The second-order valence-corrected chi connectivity index (χ2v) is 1.59. The van der Waals surface area contributed by atoms with Gasteiger partial charge in [0.05, 0.1) is 0 Å². The van der Waals surface area contributed by atoms with Gasteiger partial charge in [-0.1, -0.05) is 5.16 Å². The Labute approximate surface area is 42.6 Å². The van der Waals surface area contributed by atoms with Crippen molar-refractivity contribution in [2.45, 2.75) is 13.2 Å². The lowest BCUT2D eigenvalue weighted by Crippen LogP contribution is -2.22. The molecule has 0 aliphatic carbocycles. The fraction of sp³-hybridized carbons (Fsp3) is 0.750. The summed E-state index contributed by atoms with van der Waals surface area (Å²) >= 11 is 0. The van der Waals surface area contributed by atoms with Gasteiger partial charge in [0.25, 0.3) is 0 Å². The van der Waals surface area contributed by atoms with Crippen LogP contribution in [0.5, 0.6) is 0 Å². The molecule has 0 aromatic heterocycles. The maximum Gasteiger partial charge on any atom is 0.197 e. The Hall–Kier alpha value is -0.730. The first-order chi connectivity index (χ1) is 3.30. The van der Waals surface area contributed by atoms with Gasteiger partial charge in [-0.15, -0.1) is 0 Å². The van der Waals surface area contributed by atoms with E-state index < -0.39 is 0 Å². The van der Waals surface area contributed by atoms with Crippen LogP contribution in [-0.2, 0) is 4.84 Å². The summed E-state index contributed by atoms with van der Waals surface area (Å²) in [6, 6.07) is 0. The predicted octanol–water partition coefficient (Wildman–Crippen LogP) is 0.238. The van der Waals surface area contributed by atoms with E-state index in [9.17, 15) is 0 Å². The molecular formula is C4H8N2O. The lowest BCUT2D eigenvalue weighted by atomic mass is 10.6. The first kappa shape index (κ1) is 4.43. The summed E-state index contributed by atoms with van der Waals surface area (Å²) < 4.78 is 0. The largest absolute Gasteiger partial charge is 0.369 e. The number of hydrogen-bond donors (Lipinski definition) is 0. The second kappa shape index (κ2) is 1.40. The highest BCUT2D eigenvalue weighted by atomic mass is 16.7. The van der Waals surface area contributed by atoms with Gasteiger partial charge >= 0.3 is 0 Å². The van der Waals surface area contributed by atoms with Crippen molar-refractivity contribution in [1.29, 1.82) is 0 Å². The SMILES string of the molecule is CC1ON=CN1C. The van der Waals surface area contributed by atoms with Crippen molar-refractivity contribution >= 4 is 6.34 Å². The Bertz CT molecular complexity index is 91.7. The summed E-state index contributed by atoms with van der Waals surface area (Å²) in [5.74, 6) is 0. The minimum absolute atomic E-state index is 0.125. The average molecular weight is 100 g/mol. The van der Waals surface area contributed by atoms with Gasteiger partial charge in [-0.25, -0.2) is 0 Å². The quantitative estimate of drug-likeness (QED) is 0.435. The summed E-state index contributed by atoms with van der Waals surface area (Å²) in [4.78, 5) is 6.65. The van der Waals surface area contributed by atoms with Crippen molar-refractivity contribution in [1.82, 2.24) is 4.90 Å². The molecule has 0 saturated heterocycles. The van der Waals surface area contributed by atoms with Crippen molar-refractivity contribution in [2.75, 3.05) is 7.05 Å². The fourth-order valence-corrected chi connectivity index (χ4v) is 0.358. The normalized spacial score (nSPS) is 28.3. The van der Waals surface area contributed by atoms with Crippen molar-refractivity contribution in [3.05, 3.63) is 0 Å². The van der Waals surface area contributed by atoms with Crippen LogP contribution in [0.2, 0.25) is 0 Å². The van der Waals surface area contributed by atoms with E-state index in [1.165, 1.54) is 0 Å². The van der Waals surface area contributed by atoms with Crippen molar-refractivity contribution < 1.29 is 4.84 Å². The summed E-state index contributed by atoms with van der Waals surface area (Å²) in [5, 5.41) is 3.55. The molecule has 1 unspecified atom stereocenters. The van der Waals surface area contributed by atoms with E-state index >= 15 is 0 Å². The molecule has 0 aromatic rings. The fourth-order valence-electron chi connectivity index (χ4n) is 0.358. The molecule has 0 saturated carbocycles. The first-order valence-corrected chi connectivity index (χ1v) is 2.22. The number of hydrogen-bond acceptors (Lipinski definition) is 3. The highest BCUT2D eigenvalue weighted by Crippen LogP contribution is 2.00. The van der Waals surface area contributed by atoms with Crippen molar-refractivity contribution in [3.8, 4) is 0 Å². The van der Waals surface area contributed by atoms with Crippen LogP contribution in [-0.4, -0.2) is 24.5 Å². The van der Waals surface area contributed by atoms with Gasteiger partial charge in [0.15, 0.2) is 6.23 Å². The van der Waals surface area contributed by atoms with Crippen LogP contribution in [0.4, 0.5) is 0 Å². The molecule has 1 atom stereocenters. The van der Waals surface area contributed by atoms with Gasteiger partial charge in [0.1, 0.15) is 6.34 Å². The van der Waals surface area contributed by atoms with E-state index in [2.05, 4.69) is 5.16 Å². The lowest BCUT2D eigenvalue weighted by Gasteiger charge is -2.09. The van der Waals surface area contributed by atoms with Gasteiger partial charge in [-0.3, -0.25) is 0 Å². The third-order valence-corrected chi connectivity index (χ3v) is 1.02. The first-order valence-electron chi connectivity index (χ1n) is 2.22. The Balaban J connectivity index is 2.45. The number of rotatable bonds is 0. The van der Waals surface area contributed by atoms with E-state index in [1.54, 1.807) is 6.34 Å². The van der Waals surface area contributed by atoms with Crippen LogP contribution in [0.25, 0.3) is 0 Å². The van der Waals surface area contributed by atoms with Crippen LogP contribution < -0.4 is 0 Å². The van der Waals surface area contributed by atoms with Gasteiger partial charge < -0.3 is 9.74 Å². The maximum atomic E-state index is 4.76. The molecule has 1 heterocycles. The number of oxime groups is 1. The molecule has 0 bridgehead atoms. The van der Waals surface area contributed by atoms with Gasteiger partial charge in [0.2, 0.25) is 0 Å². The van der Waals surface area contributed by atoms with E-state index in [1.807, 2.05) is 18.9 Å². The van der Waals surface area contributed by atoms with Gasteiger partial charge in [0, 0.05) is 7.05 Å². The molecule has 7 heavy (non-hydrogen) atoms. The summed E-state index contributed by atoms with van der Waals surface area (Å²) in [7, 11) is 1.92. The average Bonchev–Trinajstić information content (AvgIpc) is 1.91. The molecule has 0 fully saturated rings. The zero-order chi connectivity index (χ0) is 5.28. The predicted molar refractivity (Wildman–Crippen MR) is 26.8 cm³/mol. The Morgan fingerprint density at radius 2 is 2.57 bits per heavy atom. The monoisotopic (exact) mass is 100 g/mol. The van der Waals surface area contributed by atoms with E-state index in [-0.39, 0.29) is 6.23 Å². The lowest BCUT2D eigenvalue weighted by molar-refractivity contribution is 0.0356. The topological polar surface area (TPSA) is 24.8 Å². The molecule has 1 aliphatic heterocycles. The molecule has 3 heteroatoms. The highest BCUT2D eigenvalue weighted by Gasteiger charge is 2.09. The molecule has 0 aromatic carbocycles. The molecule has 0 N–H and O–H groups in total. The third kappa shape index (κ3) is 0.656.